The molecule has 0 spiro atoms. The highest BCUT2D eigenvalue weighted by Gasteiger charge is 2.24. The van der Waals surface area contributed by atoms with Crippen LogP contribution in [0.25, 0.3) is 0 Å². The van der Waals surface area contributed by atoms with Crippen molar-refractivity contribution in [3.63, 3.8) is 0 Å². The third-order valence-electron chi connectivity index (χ3n) is 0.781. The Morgan fingerprint density at radius 3 is 1.91 bits per heavy atom. The molecule has 0 unspecified atom stereocenters. The second-order valence-electron chi connectivity index (χ2n) is 1.52. The van der Waals surface area contributed by atoms with Crippen LogP contribution >= 0.6 is 30.4 Å². The van der Waals surface area contributed by atoms with Gasteiger partial charge in [0.25, 0.3) is 0 Å². The molecule has 0 aliphatic heterocycles. The van der Waals surface area contributed by atoms with E-state index < -0.39 is 7.82 Å². The van der Waals surface area contributed by atoms with Gasteiger partial charge >= 0.3 is 7.82 Å². The Morgan fingerprint density at radius 1 is 1.18 bits per heavy atom. The largest absolute Gasteiger partial charge is 0.475 e. The van der Waals surface area contributed by atoms with Crippen molar-refractivity contribution in [2.75, 3.05) is 17.8 Å². The van der Waals surface area contributed by atoms with Crippen molar-refractivity contribution in [3.05, 3.63) is 0 Å². The quantitative estimate of drug-likeness (QED) is 0.429. The van der Waals surface area contributed by atoms with Crippen LogP contribution in [0, 0.1) is 0 Å². The maximum atomic E-state index is 11.3. The third-order valence-corrected chi connectivity index (χ3v) is 3.18. The lowest BCUT2D eigenvalue weighted by Gasteiger charge is -2.14. The lowest BCUT2D eigenvalue weighted by atomic mass is 10.9. The van der Waals surface area contributed by atoms with Gasteiger partial charge in [0.1, 0.15) is 4.61 Å². The van der Waals surface area contributed by atoms with Crippen LogP contribution in [0.5, 0.6) is 0 Å². The van der Waals surface area contributed by atoms with Crippen molar-refractivity contribution in [2.45, 2.75) is 13.8 Å². The van der Waals surface area contributed by atoms with Crippen LogP contribution in [0.4, 0.5) is 0 Å². The highest BCUT2D eigenvalue weighted by Crippen LogP contribution is 2.49. The Morgan fingerprint density at radius 2 is 1.64 bits per heavy atom. The van der Waals surface area contributed by atoms with Crippen LogP contribution in [0.2, 0.25) is 0 Å². The van der Waals surface area contributed by atoms with Crippen LogP contribution in [-0.4, -0.2) is 17.8 Å². The summed E-state index contributed by atoms with van der Waals surface area (Å²) in [4.78, 5) is 0. The second-order valence-corrected chi connectivity index (χ2v) is 3.81. The summed E-state index contributed by atoms with van der Waals surface area (Å²) in [6, 6.07) is 0. The fraction of sp³-hybridized carbons (Fsp3) is 1.00. The summed E-state index contributed by atoms with van der Waals surface area (Å²) in [5.74, 6) is 0. The lowest BCUT2D eigenvalue weighted by molar-refractivity contribution is 0.139. The topological polar surface area (TPSA) is 44.8 Å². The van der Waals surface area contributed by atoms with E-state index in [0.29, 0.717) is 17.8 Å². The number of halogens is 1. The summed E-state index contributed by atoms with van der Waals surface area (Å²) in [6.07, 6.45) is 0. The molecule has 0 amide bonds. The fourth-order valence-electron chi connectivity index (χ4n) is 0.488. The first-order valence-electron chi connectivity index (χ1n) is 3.28. The van der Waals surface area contributed by atoms with Crippen LogP contribution in [0.15, 0.2) is 0 Å². The number of phosphoric ester groups is 1. The average Bonchev–Trinajstić information content (AvgIpc) is 1.88. The molecule has 0 atom stereocenters. The molecule has 68 valence electrons. The molecule has 6 heteroatoms. The Labute approximate surface area is 80.4 Å². The van der Waals surface area contributed by atoms with E-state index in [9.17, 15) is 4.57 Å². The first-order chi connectivity index (χ1) is 5.18. The molecule has 0 rings (SSSR count). The fourth-order valence-corrected chi connectivity index (χ4v) is 2.49. The maximum Gasteiger partial charge on any atom is 0.475 e. The summed E-state index contributed by atoms with van der Waals surface area (Å²) in [5, 5.41) is 0. The van der Waals surface area contributed by atoms with Gasteiger partial charge in [-0.1, -0.05) is 22.6 Å². The normalized spacial score (nSPS) is 11.9. The van der Waals surface area contributed by atoms with Crippen LogP contribution < -0.4 is 0 Å². The Bertz CT molecular complexity index is 117. The summed E-state index contributed by atoms with van der Waals surface area (Å²) in [5.41, 5.74) is 0. The zero-order chi connectivity index (χ0) is 8.74. The predicted octanol–water partition coefficient (Wildman–Crippen LogP) is 2.58. The highest BCUT2D eigenvalue weighted by atomic mass is 127. The molecule has 0 aliphatic rings. The monoisotopic (exact) mass is 294 g/mol. The Kier molecular flexibility index (Phi) is 6.85. The first kappa shape index (κ1) is 11.8. The van der Waals surface area contributed by atoms with Gasteiger partial charge in [-0.3, -0.25) is 13.6 Å². The summed E-state index contributed by atoms with van der Waals surface area (Å²) >= 11 is 1.94. The van der Waals surface area contributed by atoms with E-state index in [1.807, 2.05) is 22.6 Å². The molecule has 0 aliphatic carbocycles. The molecular formula is C5H12IO4P. The minimum atomic E-state index is -3.23. The Balaban J connectivity index is 3.91. The zero-order valence-corrected chi connectivity index (χ0v) is 9.63. The number of phosphoric acid groups is 1. The molecule has 0 aromatic carbocycles. The molecule has 0 radical (unpaired) electrons. The molecule has 0 bridgehead atoms. The summed E-state index contributed by atoms with van der Waals surface area (Å²) in [7, 11) is -3.23. The number of hydrogen-bond acceptors (Lipinski definition) is 4. The van der Waals surface area contributed by atoms with Crippen LogP contribution in [0.1, 0.15) is 13.8 Å². The number of hydrogen-bond donors (Lipinski definition) is 0. The average molecular weight is 294 g/mol. The van der Waals surface area contributed by atoms with Crippen LogP contribution in [-0.2, 0) is 18.1 Å². The van der Waals surface area contributed by atoms with Gasteiger partial charge in [-0.2, -0.15) is 0 Å². The number of alkyl halides is 1. The van der Waals surface area contributed by atoms with E-state index in [0.717, 1.165) is 0 Å². The van der Waals surface area contributed by atoms with E-state index in [1.54, 1.807) is 13.8 Å². The van der Waals surface area contributed by atoms with Gasteiger partial charge in [0.2, 0.25) is 0 Å². The van der Waals surface area contributed by atoms with E-state index in [1.165, 1.54) is 0 Å². The highest BCUT2D eigenvalue weighted by molar-refractivity contribution is 14.1. The summed E-state index contributed by atoms with van der Waals surface area (Å²) in [6.45, 7) is 4.13. The maximum absolute atomic E-state index is 11.3. The molecule has 11 heavy (non-hydrogen) atoms. The van der Waals surface area contributed by atoms with E-state index in [-0.39, 0.29) is 0 Å². The Hall–Kier alpha value is 0.840. The van der Waals surface area contributed by atoms with Gasteiger partial charge in [-0.15, -0.1) is 0 Å². The SMILES string of the molecule is CCOP(=O)(OCC)OCI. The van der Waals surface area contributed by atoms with Crippen molar-refractivity contribution in [2.24, 2.45) is 0 Å². The minimum Gasteiger partial charge on any atom is -0.287 e. The smallest absolute Gasteiger partial charge is 0.287 e. The second kappa shape index (κ2) is 6.37. The van der Waals surface area contributed by atoms with Gasteiger partial charge < -0.3 is 0 Å². The predicted molar refractivity (Wildman–Crippen MR) is 50.8 cm³/mol. The van der Waals surface area contributed by atoms with Crippen molar-refractivity contribution < 1.29 is 18.1 Å². The van der Waals surface area contributed by atoms with Gasteiger partial charge in [0, 0.05) is 0 Å². The molecule has 0 aromatic rings. The lowest BCUT2D eigenvalue weighted by Crippen LogP contribution is -1.98. The summed E-state index contributed by atoms with van der Waals surface area (Å²) < 4.78 is 26.1. The molecule has 0 saturated carbocycles. The van der Waals surface area contributed by atoms with Gasteiger partial charge in [-0.25, -0.2) is 4.57 Å². The molecule has 0 aromatic heterocycles. The molecule has 0 heterocycles. The van der Waals surface area contributed by atoms with Gasteiger partial charge in [-0.05, 0) is 13.8 Å². The molecule has 0 N–H and O–H groups in total. The molecule has 0 saturated heterocycles. The standard InChI is InChI=1S/C5H12IO4P/c1-3-8-11(7,9-4-2)10-5-6/h3-5H2,1-2H3. The number of rotatable bonds is 6. The van der Waals surface area contributed by atoms with E-state index in [2.05, 4.69) is 0 Å². The molecular weight excluding hydrogens is 282 g/mol. The van der Waals surface area contributed by atoms with Crippen molar-refractivity contribution >= 4 is 30.4 Å². The van der Waals surface area contributed by atoms with Crippen molar-refractivity contribution in [3.8, 4) is 0 Å². The van der Waals surface area contributed by atoms with Crippen molar-refractivity contribution in [1.29, 1.82) is 0 Å². The minimum absolute atomic E-state index is 0.301. The van der Waals surface area contributed by atoms with E-state index in [4.69, 9.17) is 13.6 Å². The molecule has 4 nitrogen and oxygen atoms in total. The van der Waals surface area contributed by atoms with Gasteiger partial charge in [0.15, 0.2) is 0 Å². The van der Waals surface area contributed by atoms with Gasteiger partial charge in [0.05, 0.1) is 13.2 Å². The van der Waals surface area contributed by atoms with E-state index >= 15 is 0 Å². The van der Waals surface area contributed by atoms with Crippen LogP contribution in [0.3, 0.4) is 0 Å². The molecule has 0 fully saturated rings. The van der Waals surface area contributed by atoms with Crippen molar-refractivity contribution in [1.82, 2.24) is 0 Å². The first-order valence-corrected chi connectivity index (χ1v) is 6.26. The third kappa shape index (κ3) is 5.14. The zero-order valence-electron chi connectivity index (χ0n) is 6.58.